The van der Waals surface area contributed by atoms with Crippen LogP contribution < -0.4 is 16.0 Å². The molecule has 0 atom stereocenters. The molecule has 0 saturated heterocycles. The Morgan fingerprint density at radius 1 is 1.30 bits per heavy atom. The molecule has 0 bridgehead atoms. The maximum Gasteiger partial charge on any atom is 0.339 e. The maximum atomic E-state index is 11.6. The van der Waals surface area contributed by atoms with E-state index in [1.165, 1.54) is 25.2 Å². The number of carboxylic acid groups (broad SMARTS) is 1. The van der Waals surface area contributed by atoms with E-state index in [4.69, 9.17) is 16.7 Å². The largest absolute Gasteiger partial charge is 0.478 e. The number of carboxylic acids is 1. The van der Waals surface area contributed by atoms with Gasteiger partial charge in [-0.3, -0.25) is 4.79 Å². The molecule has 0 fully saturated rings. The van der Waals surface area contributed by atoms with Crippen LogP contribution >= 0.6 is 11.6 Å². The number of hydrogen-bond donors (Lipinski definition) is 4. The number of rotatable bonds is 5. The van der Waals surface area contributed by atoms with Gasteiger partial charge in [0.2, 0.25) is 5.91 Å². The first-order valence-corrected chi connectivity index (χ1v) is 6.10. The number of nitrogens with one attached hydrogen (secondary N) is 3. The van der Waals surface area contributed by atoms with E-state index in [9.17, 15) is 14.4 Å². The van der Waals surface area contributed by atoms with Crippen LogP contribution in [0.1, 0.15) is 16.8 Å². The van der Waals surface area contributed by atoms with Gasteiger partial charge in [-0.05, 0) is 12.1 Å². The first kappa shape index (κ1) is 15.8. The lowest BCUT2D eigenvalue weighted by Crippen LogP contribution is -2.32. The smallest absolute Gasteiger partial charge is 0.339 e. The summed E-state index contributed by atoms with van der Waals surface area (Å²) in [6, 6.07) is 3.75. The molecule has 0 radical (unpaired) electrons. The van der Waals surface area contributed by atoms with Crippen LogP contribution in [0.25, 0.3) is 0 Å². The number of carbonyl (C=O) groups is 3. The molecule has 4 N–H and O–H groups in total. The number of halogens is 1. The molecule has 0 heterocycles. The molecule has 7 nitrogen and oxygen atoms in total. The molecule has 20 heavy (non-hydrogen) atoms. The first-order chi connectivity index (χ1) is 9.45. The van der Waals surface area contributed by atoms with Crippen LogP contribution in [0.4, 0.5) is 10.5 Å². The monoisotopic (exact) mass is 299 g/mol. The van der Waals surface area contributed by atoms with Crippen LogP contribution in [0.15, 0.2) is 18.2 Å². The van der Waals surface area contributed by atoms with Crippen molar-refractivity contribution in [3.05, 3.63) is 28.8 Å². The van der Waals surface area contributed by atoms with Crippen LogP contribution in [-0.4, -0.2) is 36.6 Å². The Morgan fingerprint density at radius 3 is 2.60 bits per heavy atom. The molecule has 0 saturated carbocycles. The zero-order chi connectivity index (χ0) is 15.1. The maximum absolute atomic E-state index is 11.6. The van der Waals surface area contributed by atoms with Gasteiger partial charge < -0.3 is 21.1 Å². The first-order valence-electron chi connectivity index (χ1n) is 5.73. The third-order valence-electron chi connectivity index (χ3n) is 2.39. The fourth-order valence-corrected chi connectivity index (χ4v) is 1.68. The van der Waals surface area contributed by atoms with Gasteiger partial charge in [-0.2, -0.15) is 0 Å². The SMILES string of the molecule is CNC(=O)CCNC(=O)Nc1cccc(Cl)c1C(=O)O. The molecule has 0 aromatic heterocycles. The van der Waals surface area contributed by atoms with E-state index in [1.54, 1.807) is 0 Å². The lowest BCUT2D eigenvalue weighted by molar-refractivity contribution is -0.120. The second-order valence-corrected chi connectivity index (χ2v) is 4.18. The molecule has 0 unspecified atom stereocenters. The third-order valence-corrected chi connectivity index (χ3v) is 2.71. The minimum absolute atomic E-state index is 0.0284. The van der Waals surface area contributed by atoms with Gasteiger partial charge in [0.1, 0.15) is 5.56 Å². The average molecular weight is 300 g/mol. The lowest BCUT2D eigenvalue weighted by atomic mass is 10.2. The van der Waals surface area contributed by atoms with Crippen LogP contribution in [0.3, 0.4) is 0 Å². The van der Waals surface area contributed by atoms with Crippen LogP contribution in [0.5, 0.6) is 0 Å². The van der Waals surface area contributed by atoms with Crippen LogP contribution in [0.2, 0.25) is 5.02 Å². The Labute approximate surface area is 120 Å². The Kier molecular flexibility index (Phi) is 5.79. The van der Waals surface area contributed by atoms with Crippen molar-refractivity contribution in [2.24, 2.45) is 0 Å². The highest BCUT2D eigenvalue weighted by Crippen LogP contribution is 2.24. The highest BCUT2D eigenvalue weighted by atomic mass is 35.5. The van der Waals surface area contributed by atoms with Gasteiger partial charge in [0.25, 0.3) is 0 Å². The molecule has 0 aliphatic carbocycles. The average Bonchev–Trinajstić information content (AvgIpc) is 2.38. The summed E-state index contributed by atoms with van der Waals surface area (Å²) in [5.74, 6) is -1.45. The number of amides is 3. The second kappa shape index (κ2) is 7.34. The quantitative estimate of drug-likeness (QED) is 0.657. The molecule has 0 aliphatic heterocycles. The highest BCUT2D eigenvalue weighted by molar-refractivity contribution is 6.34. The van der Waals surface area contributed by atoms with E-state index in [2.05, 4.69) is 16.0 Å². The van der Waals surface area contributed by atoms with E-state index in [-0.39, 0.29) is 35.1 Å². The topological polar surface area (TPSA) is 108 Å². The lowest BCUT2D eigenvalue weighted by Gasteiger charge is -2.10. The van der Waals surface area contributed by atoms with Gasteiger partial charge in [-0.1, -0.05) is 17.7 Å². The van der Waals surface area contributed by atoms with Crippen LogP contribution in [0, 0.1) is 0 Å². The van der Waals surface area contributed by atoms with Crippen molar-refractivity contribution in [2.45, 2.75) is 6.42 Å². The molecule has 3 amide bonds. The minimum atomic E-state index is -1.24. The predicted octanol–water partition coefficient (Wildman–Crippen LogP) is 1.30. The molecule has 8 heteroatoms. The van der Waals surface area contributed by atoms with E-state index in [1.807, 2.05) is 0 Å². The predicted molar refractivity (Wildman–Crippen MR) is 74.1 cm³/mol. The summed E-state index contributed by atoms with van der Waals surface area (Å²) in [5, 5.41) is 16.3. The molecule has 1 aromatic rings. The van der Waals surface area contributed by atoms with E-state index in [0.29, 0.717) is 0 Å². The summed E-state index contributed by atoms with van der Waals surface area (Å²) in [6.07, 6.45) is 0.130. The number of benzene rings is 1. The summed E-state index contributed by atoms with van der Waals surface area (Å²) in [5.41, 5.74) is -0.0990. The van der Waals surface area contributed by atoms with Gasteiger partial charge >= 0.3 is 12.0 Å². The van der Waals surface area contributed by atoms with Gasteiger partial charge in [-0.15, -0.1) is 0 Å². The van der Waals surface area contributed by atoms with Gasteiger partial charge in [0.15, 0.2) is 0 Å². The highest BCUT2D eigenvalue weighted by Gasteiger charge is 2.15. The summed E-state index contributed by atoms with van der Waals surface area (Å²) in [7, 11) is 1.49. The normalized spacial score (nSPS) is 9.70. The second-order valence-electron chi connectivity index (χ2n) is 3.77. The Bertz CT molecular complexity index is 533. The minimum Gasteiger partial charge on any atom is -0.478 e. The van der Waals surface area contributed by atoms with Gasteiger partial charge in [0.05, 0.1) is 10.7 Å². The fraction of sp³-hybridized carbons (Fsp3) is 0.250. The summed E-state index contributed by atoms with van der Waals surface area (Å²) < 4.78 is 0. The number of anilines is 1. The Hall–Kier alpha value is -2.28. The molecule has 1 aromatic carbocycles. The third kappa shape index (κ3) is 4.43. The molecule has 0 spiro atoms. The number of aromatic carboxylic acids is 1. The van der Waals surface area contributed by atoms with Crippen molar-refractivity contribution >= 4 is 35.2 Å². The number of urea groups is 1. The van der Waals surface area contributed by atoms with Gasteiger partial charge in [0, 0.05) is 20.0 Å². The van der Waals surface area contributed by atoms with Crippen molar-refractivity contribution in [3.63, 3.8) is 0 Å². The molecular formula is C12H14ClN3O4. The zero-order valence-electron chi connectivity index (χ0n) is 10.7. The summed E-state index contributed by atoms with van der Waals surface area (Å²) in [6.45, 7) is 0.133. The Morgan fingerprint density at radius 2 is 2.00 bits per heavy atom. The van der Waals surface area contributed by atoms with Crippen LogP contribution in [-0.2, 0) is 4.79 Å². The van der Waals surface area contributed by atoms with E-state index < -0.39 is 12.0 Å². The molecule has 0 aliphatic rings. The van der Waals surface area contributed by atoms with Crippen molar-refractivity contribution in [2.75, 3.05) is 18.9 Å². The molecule has 1 rings (SSSR count). The Balaban J connectivity index is 2.65. The fourth-order valence-electron chi connectivity index (χ4n) is 1.43. The van der Waals surface area contributed by atoms with E-state index in [0.717, 1.165) is 0 Å². The summed E-state index contributed by atoms with van der Waals surface area (Å²) >= 11 is 5.77. The van der Waals surface area contributed by atoms with Crippen molar-refractivity contribution in [3.8, 4) is 0 Å². The summed E-state index contributed by atoms with van der Waals surface area (Å²) in [4.78, 5) is 33.6. The van der Waals surface area contributed by atoms with Crippen molar-refractivity contribution < 1.29 is 19.5 Å². The molecule has 108 valence electrons. The van der Waals surface area contributed by atoms with Gasteiger partial charge in [-0.25, -0.2) is 9.59 Å². The zero-order valence-corrected chi connectivity index (χ0v) is 11.5. The molecular weight excluding hydrogens is 286 g/mol. The van der Waals surface area contributed by atoms with Crippen molar-refractivity contribution in [1.29, 1.82) is 0 Å². The number of carbonyl (C=O) groups excluding carboxylic acids is 2. The standard InChI is InChI=1S/C12H14ClN3O4/c1-14-9(17)5-6-15-12(20)16-8-4-2-3-7(13)10(8)11(18)19/h2-4H,5-6H2,1H3,(H,14,17)(H,18,19)(H2,15,16,20). The van der Waals surface area contributed by atoms with E-state index >= 15 is 0 Å². The number of hydrogen-bond acceptors (Lipinski definition) is 3. The van der Waals surface area contributed by atoms with Crippen molar-refractivity contribution in [1.82, 2.24) is 10.6 Å².